The number of hydrogen-bond donors (Lipinski definition) is 1. The average Bonchev–Trinajstić information content (AvgIpc) is 3.05. The Balaban J connectivity index is 2.00. The number of non-ortho nitro benzene ring substituents is 1. The van der Waals surface area contributed by atoms with Crippen molar-refractivity contribution in [1.29, 1.82) is 0 Å². The van der Waals surface area contributed by atoms with Gasteiger partial charge in [-0.15, -0.1) is 0 Å². The van der Waals surface area contributed by atoms with Crippen LogP contribution in [0.3, 0.4) is 0 Å². The number of carbonyl (C=O) groups excluding carboxylic acids is 2. The summed E-state index contributed by atoms with van der Waals surface area (Å²) in [5, 5.41) is 22.3. The number of aliphatic hydroxyl groups excluding tert-OH is 1. The molecule has 0 aromatic heterocycles. The highest BCUT2D eigenvalue weighted by molar-refractivity contribution is 6.51. The van der Waals surface area contributed by atoms with E-state index >= 15 is 0 Å². The van der Waals surface area contributed by atoms with Crippen molar-refractivity contribution in [3.8, 4) is 0 Å². The van der Waals surface area contributed by atoms with E-state index in [1.165, 1.54) is 23.1 Å². The van der Waals surface area contributed by atoms with Crippen LogP contribution >= 0.6 is 0 Å². The number of aliphatic hydroxyl groups is 1. The maximum absolute atomic E-state index is 13.1. The minimum Gasteiger partial charge on any atom is -0.507 e. The van der Waals surface area contributed by atoms with Crippen LogP contribution in [0.15, 0.2) is 84.4 Å². The van der Waals surface area contributed by atoms with Crippen LogP contribution in [0.5, 0.6) is 0 Å². The zero-order valence-corrected chi connectivity index (χ0v) is 16.6. The molecule has 1 unspecified atom stereocenters. The van der Waals surface area contributed by atoms with E-state index in [2.05, 4.69) is 0 Å². The molecule has 0 aliphatic carbocycles. The number of rotatable bonds is 4. The van der Waals surface area contributed by atoms with Gasteiger partial charge in [-0.05, 0) is 24.1 Å². The molecular formula is C24H18N2O5. The quantitative estimate of drug-likeness (QED) is 0.222. The molecule has 1 aliphatic heterocycles. The molecule has 1 heterocycles. The molecule has 31 heavy (non-hydrogen) atoms. The second kappa shape index (κ2) is 7.87. The van der Waals surface area contributed by atoms with Crippen LogP contribution < -0.4 is 4.90 Å². The fraction of sp³-hybridized carbons (Fsp3) is 0.0833. The lowest BCUT2D eigenvalue weighted by atomic mass is 9.94. The standard InChI is InChI=1S/C24H18N2O5/c1-15-8-5-6-13-19(15)25-21(17-11-7-12-18(14-17)26(30)31)20(23(28)24(25)29)22(27)16-9-3-2-4-10-16/h2-14,21,27H,1H3/b22-20-. The summed E-state index contributed by atoms with van der Waals surface area (Å²) < 4.78 is 0. The Labute approximate surface area is 178 Å². The van der Waals surface area contributed by atoms with E-state index in [0.29, 0.717) is 16.8 Å². The van der Waals surface area contributed by atoms with Crippen molar-refractivity contribution in [2.24, 2.45) is 0 Å². The Kier molecular flexibility index (Phi) is 5.09. The lowest BCUT2D eigenvalue weighted by molar-refractivity contribution is -0.384. The maximum atomic E-state index is 13.1. The fourth-order valence-corrected chi connectivity index (χ4v) is 3.79. The molecule has 0 spiro atoms. The van der Waals surface area contributed by atoms with E-state index < -0.39 is 22.7 Å². The summed E-state index contributed by atoms with van der Waals surface area (Å²) in [6, 6.07) is 20.2. The maximum Gasteiger partial charge on any atom is 0.300 e. The molecule has 7 nitrogen and oxygen atoms in total. The molecule has 0 radical (unpaired) electrons. The van der Waals surface area contributed by atoms with Crippen LogP contribution in [-0.2, 0) is 9.59 Å². The molecule has 0 saturated carbocycles. The predicted octanol–water partition coefficient (Wildman–Crippen LogP) is 4.53. The van der Waals surface area contributed by atoms with E-state index in [1.807, 2.05) is 6.07 Å². The lowest BCUT2D eigenvalue weighted by Crippen LogP contribution is -2.30. The van der Waals surface area contributed by atoms with Gasteiger partial charge in [-0.25, -0.2) is 0 Å². The van der Waals surface area contributed by atoms with Crippen molar-refractivity contribution >= 4 is 28.8 Å². The minimum atomic E-state index is -1.01. The summed E-state index contributed by atoms with van der Waals surface area (Å²) in [6.45, 7) is 1.80. The second-order valence-corrected chi connectivity index (χ2v) is 7.17. The van der Waals surface area contributed by atoms with Crippen LogP contribution in [0.4, 0.5) is 11.4 Å². The van der Waals surface area contributed by atoms with E-state index in [0.717, 1.165) is 5.56 Å². The van der Waals surface area contributed by atoms with Crippen LogP contribution in [-0.4, -0.2) is 21.7 Å². The lowest BCUT2D eigenvalue weighted by Gasteiger charge is -2.26. The summed E-state index contributed by atoms with van der Waals surface area (Å²) >= 11 is 0. The number of benzene rings is 3. The van der Waals surface area contributed by atoms with Crippen molar-refractivity contribution < 1.29 is 19.6 Å². The number of carbonyl (C=O) groups is 2. The van der Waals surface area contributed by atoms with Gasteiger partial charge in [0.25, 0.3) is 17.4 Å². The van der Waals surface area contributed by atoms with Gasteiger partial charge in [0.1, 0.15) is 5.76 Å². The minimum absolute atomic E-state index is 0.111. The summed E-state index contributed by atoms with van der Waals surface area (Å²) in [6.07, 6.45) is 0. The summed E-state index contributed by atoms with van der Waals surface area (Å²) in [7, 11) is 0. The van der Waals surface area contributed by atoms with Gasteiger partial charge in [-0.1, -0.05) is 60.7 Å². The number of aryl methyl sites for hydroxylation is 1. The van der Waals surface area contributed by atoms with Crippen molar-refractivity contribution in [1.82, 2.24) is 0 Å². The van der Waals surface area contributed by atoms with Gasteiger partial charge < -0.3 is 5.11 Å². The molecule has 1 N–H and O–H groups in total. The highest BCUT2D eigenvalue weighted by Gasteiger charge is 2.47. The Morgan fingerprint density at radius 2 is 1.65 bits per heavy atom. The first-order valence-corrected chi connectivity index (χ1v) is 9.56. The van der Waals surface area contributed by atoms with Gasteiger partial charge in [0.05, 0.1) is 16.5 Å². The van der Waals surface area contributed by atoms with E-state index in [4.69, 9.17) is 0 Å². The molecule has 1 amide bonds. The number of nitrogens with zero attached hydrogens (tertiary/aromatic N) is 2. The molecule has 1 atom stereocenters. The second-order valence-electron chi connectivity index (χ2n) is 7.17. The number of para-hydroxylation sites is 1. The summed E-state index contributed by atoms with van der Waals surface area (Å²) in [5.41, 5.74) is 1.69. The van der Waals surface area contributed by atoms with Crippen molar-refractivity contribution in [2.75, 3.05) is 4.90 Å². The highest BCUT2D eigenvalue weighted by Crippen LogP contribution is 2.43. The molecule has 0 bridgehead atoms. The number of amides is 1. The topological polar surface area (TPSA) is 101 Å². The van der Waals surface area contributed by atoms with Gasteiger partial charge in [-0.3, -0.25) is 24.6 Å². The Morgan fingerprint density at radius 1 is 0.968 bits per heavy atom. The molecule has 3 aromatic carbocycles. The third-order valence-electron chi connectivity index (χ3n) is 5.26. The van der Waals surface area contributed by atoms with E-state index in [1.54, 1.807) is 61.5 Å². The predicted molar refractivity (Wildman–Crippen MR) is 116 cm³/mol. The normalized spacial score (nSPS) is 17.7. The molecule has 154 valence electrons. The van der Waals surface area contributed by atoms with Crippen LogP contribution in [0.2, 0.25) is 0 Å². The molecule has 1 fully saturated rings. The van der Waals surface area contributed by atoms with Crippen molar-refractivity contribution in [3.63, 3.8) is 0 Å². The Hall–Kier alpha value is -4.26. The third-order valence-corrected chi connectivity index (χ3v) is 5.26. The Bertz CT molecular complexity index is 1230. The van der Waals surface area contributed by atoms with Gasteiger partial charge in [0, 0.05) is 23.4 Å². The smallest absolute Gasteiger partial charge is 0.300 e. The fourth-order valence-electron chi connectivity index (χ4n) is 3.79. The molecule has 4 rings (SSSR count). The zero-order chi connectivity index (χ0) is 22.1. The summed E-state index contributed by atoms with van der Waals surface area (Å²) in [4.78, 5) is 38.3. The molecular weight excluding hydrogens is 396 g/mol. The molecule has 7 heteroatoms. The number of hydrogen-bond acceptors (Lipinski definition) is 5. The van der Waals surface area contributed by atoms with Crippen LogP contribution in [0.1, 0.15) is 22.7 Å². The number of ketones is 1. The largest absolute Gasteiger partial charge is 0.507 e. The monoisotopic (exact) mass is 414 g/mol. The number of nitro benzene ring substituents is 1. The average molecular weight is 414 g/mol. The van der Waals surface area contributed by atoms with Gasteiger partial charge in [0.2, 0.25) is 0 Å². The first-order valence-electron chi connectivity index (χ1n) is 9.56. The SMILES string of the molecule is Cc1ccccc1N1C(=O)C(=O)/C(=C(\O)c2ccccc2)C1c1cccc([N+](=O)[O-])c1. The van der Waals surface area contributed by atoms with E-state index in [9.17, 15) is 24.8 Å². The van der Waals surface area contributed by atoms with Gasteiger partial charge >= 0.3 is 0 Å². The number of Topliss-reactive ketones (excluding diaryl/α,β-unsaturated/α-hetero) is 1. The first-order chi connectivity index (χ1) is 14.9. The molecule has 3 aromatic rings. The number of nitro groups is 1. The van der Waals surface area contributed by atoms with Crippen molar-refractivity contribution in [2.45, 2.75) is 13.0 Å². The van der Waals surface area contributed by atoms with Gasteiger partial charge in [-0.2, -0.15) is 0 Å². The summed E-state index contributed by atoms with van der Waals surface area (Å²) in [5.74, 6) is -1.98. The molecule has 1 saturated heterocycles. The highest BCUT2D eigenvalue weighted by atomic mass is 16.6. The third kappa shape index (κ3) is 3.46. The number of anilines is 1. The molecule has 1 aliphatic rings. The van der Waals surface area contributed by atoms with Gasteiger partial charge in [0.15, 0.2) is 0 Å². The first kappa shape index (κ1) is 20.0. The Morgan fingerprint density at radius 3 is 2.32 bits per heavy atom. The van der Waals surface area contributed by atoms with Crippen LogP contribution in [0, 0.1) is 17.0 Å². The van der Waals surface area contributed by atoms with Crippen LogP contribution in [0.25, 0.3) is 5.76 Å². The van der Waals surface area contributed by atoms with E-state index in [-0.39, 0.29) is 17.0 Å². The van der Waals surface area contributed by atoms with Crippen molar-refractivity contribution in [3.05, 3.63) is 111 Å². The zero-order valence-electron chi connectivity index (χ0n) is 16.6.